The van der Waals surface area contributed by atoms with Crippen LogP contribution in [0.1, 0.15) is 76.6 Å². The fourth-order valence-electron chi connectivity index (χ4n) is 8.90. The molecule has 1 saturated heterocycles. The molecular formula is C51H66N2O7S. The second-order valence-electron chi connectivity index (χ2n) is 17.2. The van der Waals surface area contributed by atoms with Crippen molar-refractivity contribution in [3.8, 4) is 5.75 Å². The molecule has 1 heterocycles. The number of carbonyl (C=O) groups excluding carboxylic acids is 1. The van der Waals surface area contributed by atoms with E-state index in [4.69, 9.17) is 9.29 Å². The third-order valence-corrected chi connectivity index (χ3v) is 13.3. The van der Waals surface area contributed by atoms with E-state index in [1.54, 1.807) is 12.1 Å². The van der Waals surface area contributed by atoms with Gasteiger partial charge in [0.1, 0.15) is 11.4 Å². The molecule has 1 aliphatic heterocycles. The van der Waals surface area contributed by atoms with E-state index in [0.717, 1.165) is 42.4 Å². The molecular weight excluding hydrogens is 785 g/mol. The summed E-state index contributed by atoms with van der Waals surface area (Å²) in [6.45, 7) is 16.2. The Bertz CT molecular complexity index is 2330. The third kappa shape index (κ3) is 12.2. The lowest BCUT2D eigenvalue weighted by atomic mass is 9.59. The van der Waals surface area contributed by atoms with Crippen LogP contribution in [0.25, 0.3) is 10.8 Å². The van der Waals surface area contributed by atoms with E-state index in [1.165, 1.54) is 40.8 Å². The number of esters is 1. The second-order valence-corrected chi connectivity index (χ2v) is 18.7. The van der Waals surface area contributed by atoms with Crippen LogP contribution in [0.4, 0.5) is 0 Å². The molecule has 0 saturated carbocycles. The van der Waals surface area contributed by atoms with Crippen molar-refractivity contribution in [2.45, 2.75) is 89.2 Å². The van der Waals surface area contributed by atoms with Gasteiger partial charge in [0.25, 0.3) is 10.1 Å². The van der Waals surface area contributed by atoms with Crippen LogP contribution in [-0.2, 0) is 43.5 Å². The standard InChI is InChI=1S/C22H29NO2.C19H27NO.C10H8O3S.H2O/c1-5-21(24)25-22(18(2)17-23(3)4,20-14-10-7-11-15-20)16-19-12-8-6-9-13-19;1-13(2)7-9-20-10-8-19(4)14(3)18(20)11-15-5-6-16(21)12-17(15)19;11-14(12,13)10-6-5-8-3-1-2-4-9(8)7-10;/h6-15,18H,5,16-17H2,1-4H3;5-7,12,14,18,21H,8-11H2,1-4H3;1-7H,(H,11,12,13);1H2/t18-,22+;14-,18+,19+;;/m10../s1. The minimum absolute atomic E-state index is 0. The van der Waals surface area contributed by atoms with Gasteiger partial charge in [-0.1, -0.05) is 136 Å². The zero-order valence-corrected chi connectivity index (χ0v) is 38.0. The first-order chi connectivity index (χ1) is 28.5. The van der Waals surface area contributed by atoms with E-state index < -0.39 is 15.7 Å². The minimum atomic E-state index is -4.09. The van der Waals surface area contributed by atoms with E-state index in [-0.39, 0.29) is 27.7 Å². The molecule has 0 amide bonds. The van der Waals surface area contributed by atoms with Crippen LogP contribution in [0, 0.1) is 11.8 Å². The molecule has 0 unspecified atom stereocenters. The maximum absolute atomic E-state index is 12.3. The van der Waals surface area contributed by atoms with Gasteiger partial charge in [0.05, 0.1) is 4.90 Å². The van der Waals surface area contributed by atoms with E-state index >= 15 is 0 Å². The van der Waals surface area contributed by atoms with Gasteiger partial charge < -0.3 is 20.2 Å². The molecule has 1 aliphatic carbocycles. The van der Waals surface area contributed by atoms with Crippen molar-refractivity contribution in [3.05, 3.63) is 155 Å². The molecule has 328 valence electrons. The lowest BCUT2D eigenvalue weighted by Gasteiger charge is -2.54. The molecule has 5 atom stereocenters. The zero-order valence-electron chi connectivity index (χ0n) is 37.1. The lowest BCUT2D eigenvalue weighted by Crippen LogP contribution is -2.57. The lowest BCUT2D eigenvalue weighted by molar-refractivity contribution is -0.168. The number of rotatable bonds is 11. The highest BCUT2D eigenvalue weighted by Crippen LogP contribution is 2.49. The van der Waals surface area contributed by atoms with Crippen molar-refractivity contribution in [1.29, 1.82) is 0 Å². The monoisotopic (exact) mass is 850 g/mol. The molecule has 2 aliphatic rings. The van der Waals surface area contributed by atoms with Crippen LogP contribution < -0.4 is 0 Å². The summed E-state index contributed by atoms with van der Waals surface area (Å²) in [4.78, 5) is 17.1. The zero-order chi connectivity index (χ0) is 43.7. The molecule has 0 aromatic heterocycles. The highest BCUT2D eigenvalue weighted by molar-refractivity contribution is 7.85. The Morgan fingerprint density at radius 2 is 1.56 bits per heavy atom. The maximum Gasteiger partial charge on any atom is 0.306 e. The number of carbonyl (C=O) groups is 1. The normalized spacial score (nSPS) is 19.6. The van der Waals surface area contributed by atoms with Gasteiger partial charge in [0.2, 0.25) is 0 Å². The van der Waals surface area contributed by atoms with Crippen molar-refractivity contribution >= 4 is 26.9 Å². The largest absolute Gasteiger partial charge is 0.508 e. The predicted octanol–water partition coefficient (Wildman–Crippen LogP) is 9.42. The predicted molar refractivity (Wildman–Crippen MR) is 247 cm³/mol. The van der Waals surface area contributed by atoms with Crippen molar-refractivity contribution < 1.29 is 33.1 Å². The summed E-state index contributed by atoms with van der Waals surface area (Å²) >= 11 is 0. The smallest absolute Gasteiger partial charge is 0.306 e. The highest BCUT2D eigenvalue weighted by atomic mass is 32.2. The number of likely N-dealkylation sites (tertiary alicyclic amines) is 1. The summed E-state index contributed by atoms with van der Waals surface area (Å²) in [6, 6.07) is 38.9. The summed E-state index contributed by atoms with van der Waals surface area (Å²) in [7, 11) is 0.00971. The van der Waals surface area contributed by atoms with Crippen molar-refractivity contribution in [3.63, 3.8) is 0 Å². The number of nitrogens with zero attached hydrogens (tertiary/aromatic N) is 2. The van der Waals surface area contributed by atoms with E-state index in [9.17, 15) is 18.3 Å². The van der Waals surface area contributed by atoms with E-state index in [0.29, 0.717) is 30.6 Å². The molecule has 10 heteroatoms. The van der Waals surface area contributed by atoms with Crippen LogP contribution in [-0.4, -0.2) is 79.1 Å². The second kappa shape index (κ2) is 21.3. The SMILES string of the molecule is CC(C)=CCN1CC[C@@]2(C)c3cc(O)ccc3C[C@@H]1[C@@H]2C.CCC(=O)O[C@](Cc1ccccc1)(c1ccccc1)[C@H](C)CN(C)C.O.O=S(=O)(O)c1ccc2ccccc2c1. The Morgan fingerprint density at radius 1 is 0.934 bits per heavy atom. The van der Waals surface area contributed by atoms with E-state index in [1.807, 2.05) is 73.7 Å². The van der Waals surface area contributed by atoms with Crippen molar-refractivity contribution in [2.24, 2.45) is 11.8 Å². The minimum Gasteiger partial charge on any atom is -0.508 e. The Labute approximate surface area is 364 Å². The highest BCUT2D eigenvalue weighted by Gasteiger charge is 2.48. The molecule has 9 nitrogen and oxygen atoms in total. The fourth-order valence-corrected chi connectivity index (χ4v) is 9.41. The van der Waals surface area contributed by atoms with Gasteiger partial charge in [0.15, 0.2) is 0 Å². The number of benzene rings is 5. The van der Waals surface area contributed by atoms with Gasteiger partial charge in [-0.05, 0) is 116 Å². The first kappa shape index (κ1) is 48.8. The van der Waals surface area contributed by atoms with Gasteiger partial charge in [-0.25, -0.2) is 0 Å². The van der Waals surface area contributed by atoms with Gasteiger partial charge in [0, 0.05) is 37.9 Å². The van der Waals surface area contributed by atoms with Gasteiger partial charge in [-0.2, -0.15) is 8.42 Å². The van der Waals surface area contributed by atoms with Gasteiger partial charge in [-0.3, -0.25) is 14.2 Å². The number of hydrogen-bond acceptors (Lipinski definition) is 7. The first-order valence-corrected chi connectivity index (χ1v) is 22.5. The van der Waals surface area contributed by atoms with Crippen molar-refractivity contribution in [1.82, 2.24) is 9.80 Å². The molecule has 5 aromatic carbocycles. The Balaban J connectivity index is 0.000000207. The molecule has 0 spiro atoms. The summed E-state index contributed by atoms with van der Waals surface area (Å²) in [5.41, 5.74) is 5.96. The number of phenols is 1. The summed E-state index contributed by atoms with van der Waals surface area (Å²) in [6.07, 6.45) is 5.68. The molecule has 7 rings (SSSR count). The van der Waals surface area contributed by atoms with Gasteiger partial charge in [-0.15, -0.1) is 0 Å². The van der Waals surface area contributed by atoms with Crippen LogP contribution in [0.3, 0.4) is 0 Å². The van der Waals surface area contributed by atoms with E-state index in [2.05, 4.69) is 94.9 Å². The number of ether oxygens (including phenoxy) is 1. The number of allylic oxidation sites excluding steroid dienone is 1. The average molecular weight is 851 g/mol. The van der Waals surface area contributed by atoms with Gasteiger partial charge >= 0.3 is 5.97 Å². The first-order valence-electron chi connectivity index (χ1n) is 21.1. The Hall–Kier alpha value is -4.84. The topological polar surface area (TPSA) is 139 Å². The number of fused-ring (bicyclic) bond motifs is 5. The van der Waals surface area contributed by atoms with Crippen LogP contribution >= 0.6 is 0 Å². The maximum atomic E-state index is 12.3. The third-order valence-electron chi connectivity index (χ3n) is 12.5. The quantitative estimate of drug-likeness (QED) is 0.0762. The number of aromatic hydroxyl groups is 1. The molecule has 2 bridgehead atoms. The Kier molecular flexibility index (Phi) is 17.0. The van der Waals surface area contributed by atoms with Crippen molar-refractivity contribution in [2.75, 3.05) is 33.7 Å². The molecule has 5 aromatic rings. The molecule has 1 fully saturated rings. The molecule has 4 N–H and O–H groups in total. The molecule has 0 radical (unpaired) electrons. The summed E-state index contributed by atoms with van der Waals surface area (Å²) in [5.74, 6) is 1.02. The average Bonchev–Trinajstić information content (AvgIpc) is 3.22. The van der Waals surface area contributed by atoms with Crippen LogP contribution in [0.5, 0.6) is 5.75 Å². The fraction of sp³-hybridized carbons (Fsp3) is 0.392. The number of piperidine rings is 1. The van der Waals surface area contributed by atoms with Crippen LogP contribution in [0.15, 0.2) is 138 Å². The molecule has 61 heavy (non-hydrogen) atoms. The summed E-state index contributed by atoms with van der Waals surface area (Å²) in [5, 5.41) is 11.6. The number of phenolic OH excluding ortho intramolecular Hbond substituents is 1. The number of hydrogen-bond donors (Lipinski definition) is 2. The Morgan fingerprint density at radius 3 is 2.16 bits per heavy atom. The van der Waals surface area contributed by atoms with Crippen LogP contribution in [0.2, 0.25) is 0 Å². The summed E-state index contributed by atoms with van der Waals surface area (Å²) < 4.78 is 36.7.